The van der Waals surface area contributed by atoms with Crippen LogP contribution in [-0.2, 0) is 11.3 Å². The minimum Gasteiger partial charge on any atom is -0.347 e. The topological polar surface area (TPSA) is 46.4 Å². The average molecular weight is 346 g/mol. The molecule has 1 N–H and O–H groups in total. The molecule has 0 saturated heterocycles. The van der Waals surface area contributed by atoms with Crippen molar-refractivity contribution in [2.75, 3.05) is 0 Å². The molecule has 0 spiro atoms. The molecule has 0 radical (unpaired) electrons. The Kier molecular flexibility index (Phi) is 4.65. The van der Waals surface area contributed by atoms with Crippen LogP contribution in [0.2, 0.25) is 10.0 Å². The molecule has 23 heavy (non-hydrogen) atoms. The molecule has 4 nitrogen and oxygen atoms in total. The Labute approximate surface area is 143 Å². The fraction of sp³-hybridized carbons (Fsp3) is 0.0588. The minimum absolute atomic E-state index is 0.185. The highest BCUT2D eigenvalue weighted by atomic mass is 35.5. The summed E-state index contributed by atoms with van der Waals surface area (Å²) in [5.74, 6) is -0.185. The number of fused-ring (bicyclic) bond motifs is 1. The lowest BCUT2D eigenvalue weighted by Gasteiger charge is -1.98. The second-order valence-electron chi connectivity index (χ2n) is 4.95. The number of aromatic nitrogens is 2. The highest BCUT2D eigenvalue weighted by Crippen LogP contribution is 2.12. The summed E-state index contributed by atoms with van der Waals surface area (Å²) < 4.78 is 1.86. The highest BCUT2D eigenvalue weighted by Gasteiger charge is 2.03. The number of nitrogens with zero attached hydrogens (tertiary/aromatic N) is 2. The normalized spacial score (nSPS) is 11.2. The SMILES string of the molecule is O=C(/C=C/c1ccc(Cl)cc1)NCc1cn2ccc(Cl)cc2n1. The standard InChI is InChI=1S/C17H13Cl2N3O/c18-13-4-1-12(2-5-13)3-6-17(23)20-10-15-11-22-8-7-14(19)9-16(22)21-15/h1-9,11H,10H2,(H,20,23)/b6-3+. The van der Waals surface area contributed by atoms with E-state index < -0.39 is 0 Å². The summed E-state index contributed by atoms with van der Waals surface area (Å²) >= 11 is 11.7. The molecule has 0 aliphatic heterocycles. The molecule has 0 bridgehead atoms. The van der Waals surface area contributed by atoms with E-state index in [9.17, 15) is 4.79 Å². The maximum absolute atomic E-state index is 11.8. The first-order valence-electron chi connectivity index (χ1n) is 6.95. The van der Waals surface area contributed by atoms with Crippen molar-refractivity contribution >= 4 is 40.8 Å². The van der Waals surface area contributed by atoms with Gasteiger partial charge in [0.2, 0.25) is 5.91 Å². The largest absolute Gasteiger partial charge is 0.347 e. The number of hydrogen-bond donors (Lipinski definition) is 1. The number of pyridine rings is 1. The van der Waals surface area contributed by atoms with Crippen LogP contribution in [0.25, 0.3) is 11.7 Å². The monoisotopic (exact) mass is 345 g/mol. The van der Waals surface area contributed by atoms with Crippen LogP contribution in [0.1, 0.15) is 11.3 Å². The van der Waals surface area contributed by atoms with E-state index >= 15 is 0 Å². The molecular weight excluding hydrogens is 333 g/mol. The van der Waals surface area contributed by atoms with Crippen molar-refractivity contribution in [2.24, 2.45) is 0 Å². The Bertz CT molecular complexity index is 869. The van der Waals surface area contributed by atoms with Gasteiger partial charge in [-0.25, -0.2) is 4.98 Å². The first-order valence-corrected chi connectivity index (χ1v) is 7.70. The number of carbonyl (C=O) groups excluding carboxylic acids is 1. The van der Waals surface area contributed by atoms with E-state index in [0.717, 1.165) is 16.9 Å². The van der Waals surface area contributed by atoms with Gasteiger partial charge in [-0.2, -0.15) is 0 Å². The van der Waals surface area contributed by atoms with Gasteiger partial charge in [-0.15, -0.1) is 0 Å². The molecule has 1 amide bonds. The predicted octanol–water partition coefficient (Wildman–Crippen LogP) is 3.97. The van der Waals surface area contributed by atoms with E-state index in [0.29, 0.717) is 16.6 Å². The number of nitrogens with one attached hydrogen (secondary N) is 1. The lowest BCUT2D eigenvalue weighted by molar-refractivity contribution is -0.116. The van der Waals surface area contributed by atoms with Crippen molar-refractivity contribution in [3.63, 3.8) is 0 Å². The van der Waals surface area contributed by atoms with Gasteiger partial charge in [-0.3, -0.25) is 4.79 Å². The molecular formula is C17H13Cl2N3O. The smallest absolute Gasteiger partial charge is 0.244 e. The predicted molar refractivity (Wildman–Crippen MR) is 92.5 cm³/mol. The van der Waals surface area contributed by atoms with Gasteiger partial charge in [-0.1, -0.05) is 35.3 Å². The summed E-state index contributed by atoms with van der Waals surface area (Å²) in [5, 5.41) is 4.09. The van der Waals surface area contributed by atoms with Crippen LogP contribution in [0.3, 0.4) is 0 Å². The molecule has 0 aliphatic rings. The van der Waals surface area contributed by atoms with Gasteiger partial charge in [0, 0.05) is 28.5 Å². The lowest BCUT2D eigenvalue weighted by atomic mass is 10.2. The number of rotatable bonds is 4. The summed E-state index contributed by atoms with van der Waals surface area (Å²) in [6, 6.07) is 10.8. The van der Waals surface area contributed by atoms with Gasteiger partial charge >= 0.3 is 0 Å². The van der Waals surface area contributed by atoms with Crippen LogP contribution in [0, 0.1) is 0 Å². The fourth-order valence-electron chi connectivity index (χ4n) is 2.08. The quantitative estimate of drug-likeness (QED) is 0.727. The number of imidazole rings is 1. The van der Waals surface area contributed by atoms with Crippen LogP contribution in [0.15, 0.2) is 54.9 Å². The molecule has 3 aromatic rings. The summed E-state index contributed by atoms with van der Waals surface area (Å²) in [6.45, 7) is 0.350. The second kappa shape index (κ2) is 6.86. The maximum atomic E-state index is 11.8. The zero-order chi connectivity index (χ0) is 16.2. The first-order chi connectivity index (χ1) is 11.1. The Morgan fingerprint density at radius 1 is 1.17 bits per heavy atom. The maximum Gasteiger partial charge on any atom is 0.244 e. The third kappa shape index (κ3) is 4.12. The van der Waals surface area contributed by atoms with E-state index in [1.54, 1.807) is 30.3 Å². The van der Waals surface area contributed by atoms with Crippen molar-refractivity contribution in [1.82, 2.24) is 14.7 Å². The molecule has 3 rings (SSSR count). The summed E-state index contributed by atoms with van der Waals surface area (Å²) in [7, 11) is 0. The third-order valence-corrected chi connectivity index (χ3v) is 3.70. The van der Waals surface area contributed by atoms with Crippen molar-refractivity contribution in [1.29, 1.82) is 0 Å². The Morgan fingerprint density at radius 3 is 2.74 bits per heavy atom. The van der Waals surface area contributed by atoms with E-state index in [1.165, 1.54) is 6.08 Å². The van der Waals surface area contributed by atoms with Crippen molar-refractivity contribution in [2.45, 2.75) is 6.54 Å². The number of benzene rings is 1. The number of carbonyl (C=O) groups is 1. The molecule has 0 fully saturated rings. The molecule has 0 saturated carbocycles. The second-order valence-corrected chi connectivity index (χ2v) is 5.82. The summed E-state index contributed by atoms with van der Waals surface area (Å²) in [6.07, 6.45) is 6.90. The van der Waals surface area contributed by atoms with Crippen LogP contribution < -0.4 is 5.32 Å². The van der Waals surface area contributed by atoms with Gasteiger partial charge in [0.1, 0.15) is 5.65 Å². The fourth-order valence-corrected chi connectivity index (χ4v) is 2.36. The molecule has 116 valence electrons. The minimum atomic E-state index is -0.185. The zero-order valence-electron chi connectivity index (χ0n) is 12.0. The average Bonchev–Trinajstić information content (AvgIpc) is 2.94. The van der Waals surface area contributed by atoms with Crippen LogP contribution in [-0.4, -0.2) is 15.3 Å². The van der Waals surface area contributed by atoms with Gasteiger partial charge in [0.25, 0.3) is 0 Å². The third-order valence-electron chi connectivity index (χ3n) is 3.21. The number of amides is 1. The first kappa shape index (κ1) is 15.6. The summed E-state index contributed by atoms with van der Waals surface area (Å²) in [4.78, 5) is 16.2. The molecule has 2 aromatic heterocycles. The summed E-state index contributed by atoms with van der Waals surface area (Å²) in [5.41, 5.74) is 2.42. The van der Waals surface area contributed by atoms with Crippen molar-refractivity contribution < 1.29 is 4.79 Å². The van der Waals surface area contributed by atoms with Gasteiger partial charge in [0.15, 0.2) is 0 Å². The Balaban J connectivity index is 1.60. The lowest BCUT2D eigenvalue weighted by Crippen LogP contribution is -2.20. The number of hydrogen-bond acceptors (Lipinski definition) is 2. The van der Waals surface area contributed by atoms with E-state index in [-0.39, 0.29) is 5.91 Å². The van der Waals surface area contributed by atoms with Crippen molar-refractivity contribution in [3.8, 4) is 0 Å². The Morgan fingerprint density at radius 2 is 1.96 bits per heavy atom. The molecule has 0 unspecified atom stereocenters. The molecule has 1 aromatic carbocycles. The van der Waals surface area contributed by atoms with Crippen LogP contribution in [0.4, 0.5) is 0 Å². The van der Waals surface area contributed by atoms with E-state index in [2.05, 4.69) is 10.3 Å². The molecule has 2 heterocycles. The zero-order valence-corrected chi connectivity index (χ0v) is 13.6. The van der Waals surface area contributed by atoms with Gasteiger partial charge < -0.3 is 9.72 Å². The Hall–Kier alpha value is -2.30. The van der Waals surface area contributed by atoms with E-state index in [1.807, 2.05) is 28.9 Å². The molecule has 6 heteroatoms. The van der Waals surface area contributed by atoms with E-state index in [4.69, 9.17) is 23.2 Å². The van der Waals surface area contributed by atoms with Gasteiger partial charge in [-0.05, 0) is 35.9 Å². The molecule has 0 atom stereocenters. The van der Waals surface area contributed by atoms with Crippen molar-refractivity contribution in [3.05, 3.63) is 76.2 Å². The highest BCUT2D eigenvalue weighted by molar-refractivity contribution is 6.31. The van der Waals surface area contributed by atoms with Crippen LogP contribution >= 0.6 is 23.2 Å². The van der Waals surface area contributed by atoms with Gasteiger partial charge in [0.05, 0.1) is 12.2 Å². The molecule has 0 aliphatic carbocycles. The number of halogens is 2. The van der Waals surface area contributed by atoms with Crippen LogP contribution in [0.5, 0.6) is 0 Å².